The highest BCUT2D eigenvalue weighted by Crippen LogP contribution is 2.61. The lowest BCUT2D eigenvalue weighted by Gasteiger charge is -2.41. The molecule has 2 aliphatic heterocycles. The van der Waals surface area contributed by atoms with Gasteiger partial charge in [-0.3, -0.25) is 23.4 Å². The van der Waals surface area contributed by atoms with Crippen LogP contribution in [0.3, 0.4) is 0 Å². The highest BCUT2D eigenvalue weighted by Gasteiger charge is 2.50. The molecule has 0 bridgehead atoms. The van der Waals surface area contributed by atoms with Gasteiger partial charge in [0, 0.05) is 18.9 Å². The molecule has 19 nitrogen and oxygen atoms in total. The fourth-order valence-corrected chi connectivity index (χ4v) is 6.06. The minimum atomic E-state index is -5.57. The summed E-state index contributed by atoms with van der Waals surface area (Å²) >= 11 is 0. The van der Waals surface area contributed by atoms with Gasteiger partial charge in [0.25, 0.3) is 5.56 Å². The third-order valence-electron chi connectivity index (χ3n) is 5.94. The van der Waals surface area contributed by atoms with E-state index in [0.29, 0.717) is 12.8 Å². The fraction of sp³-hybridized carbons (Fsp3) is 0.789. The van der Waals surface area contributed by atoms with Crippen LogP contribution in [0.5, 0.6) is 0 Å². The number of aromatic amines is 1. The van der Waals surface area contributed by atoms with Crippen molar-refractivity contribution in [1.82, 2.24) is 9.55 Å². The van der Waals surface area contributed by atoms with E-state index < -0.39 is 95.4 Å². The molecule has 21 heteroatoms. The van der Waals surface area contributed by atoms with Crippen LogP contribution in [0.15, 0.2) is 21.9 Å². The molecule has 0 aromatic carbocycles. The average Bonchev–Trinajstić information content (AvgIpc) is 3.14. The highest BCUT2D eigenvalue weighted by atomic mass is 31.3. The normalized spacial score (nSPS) is 35.8. The molecule has 230 valence electrons. The number of H-pyrrole nitrogens is 1. The summed E-state index contributed by atoms with van der Waals surface area (Å²) < 4.78 is 54.8. The van der Waals surface area contributed by atoms with Gasteiger partial charge in [0.2, 0.25) is 0 Å². The van der Waals surface area contributed by atoms with Crippen molar-refractivity contribution in [2.24, 2.45) is 0 Å². The van der Waals surface area contributed by atoms with Crippen molar-refractivity contribution in [3.63, 3.8) is 0 Å². The van der Waals surface area contributed by atoms with Crippen LogP contribution in [0.25, 0.3) is 0 Å². The van der Waals surface area contributed by atoms with Crippen molar-refractivity contribution >= 4 is 15.6 Å². The molecule has 0 saturated carbocycles. The predicted molar refractivity (Wildman–Crippen MR) is 127 cm³/mol. The largest absolute Gasteiger partial charge is 0.483 e. The quantitative estimate of drug-likeness (QED) is 0.0805. The van der Waals surface area contributed by atoms with Crippen molar-refractivity contribution < 1.29 is 72.0 Å². The Morgan fingerprint density at radius 3 is 2.33 bits per heavy atom. The highest BCUT2D eigenvalue weighted by molar-refractivity contribution is 7.61. The van der Waals surface area contributed by atoms with Gasteiger partial charge in [0.1, 0.15) is 42.7 Å². The first kappa shape index (κ1) is 33.1. The number of unbranched alkanes of at least 4 members (excludes halogenated alkanes) is 1. The Hall–Kier alpha value is -1.38. The number of rotatable bonds is 13. The Bertz CT molecular complexity index is 1190. The molecule has 8 N–H and O–H groups in total. The number of hydrogen-bond acceptors (Lipinski definition) is 15. The van der Waals surface area contributed by atoms with Crippen molar-refractivity contribution in [3.05, 3.63) is 33.1 Å². The molecular formula is C19H32N2O17P2. The lowest BCUT2D eigenvalue weighted by molar-refractivity contribution is -0.288. The number of phosphoric acid groups is 2. The van der Waals surface area contributed by atoms with Crippen LogP contribution in [-0.2, 0) is 36.7 Å². The van der Waals surface area contributed by atoms with Crippen LogP contribution in [-0.4, -0.2) is 114 Å². The maximum atomic E-state index is 12.5. The third-order valence-corrected chi connectivity index (χ3v) is 8.54. The molecule has 3 heterocycles. The molecule has 1 aromatic rings. The number of aliphatic hydroxyl groups excluding tert-OH is 5. The van der Waals surface area contributed by atoms with Gasteiger partial charge < -0.3 is 49.5 Å². The summed E-state index contributed by atoms with van der Waals surface area (Å²) in [6, 6.07) is 0.943. The second kappa shape index (κ2) is 13.7. The predicted octanol–water partition coefficient (Wildman–Crippen LogP) is -2.97. The van der Waals surface area contributed by atoms with Gasteiger partial charge in [-0.2, -0.15) is 4.31 Å². The zero-order valence-electron chi connectivity index (χ0n) is 20.9. The number of hydrogen-bond donors (Lipinski definition) is 8. The number of phosphoric ester groups is 2. The first-order chi connectivity index (χ1) is 18.7. The van der Waals surface area contributed by atoms with E-state index in [1.165, 1.54) is 0 Å². The molecule has 3 rings (SSSR count). The van der Waals surface area contributed by atoms with Gasteiger partial charge in [-0.1, -0.05) is 13.3 Å². The topological polar surface area (TPSA) is 286 Å². The van der Waals surface area contributed by atoms with Gasteiger partial charge in [-0.15, -0.1) is 0 Å². The minimum Gasteiger partial charge on any atom is -0.394 e. The Morgan fingerprint density at radius 2 is 1.70 bits per heavy atom. The molecule has 1 aromatic heterocycles. The van der Waals surface area contributed by atoms with Gasteiger partial charge in [0.15, 0.2) is 12.5 Å². The SMILES string of the molecule is CCCCO[C@@H]1[C@@H](O)[C@@H](OP(=O)(O)OP(=O)(O)OC[C@H]2O[C@@H](n3ccc(=O)[nH]c3=O)[C@H](O)[C@@H]2O)O[C@H](CO)[C@H]1O. The monoisotopic (exact) mass is 622 g/mol. The lowest BCUT2D eigenvalue weighted by atomic mass is 9.99. The summed E-state index contributed by atoms with van der Waals surface area (Å²) in [5.41, 5.74) is -1.72. The molecule has 2 unspecified atom stereocenters. The molecule has 2 saturated heterocycles. The van der Waals surface area contributed by atoms with E-state index >= 15 is 0 Å². The molecule has 0 spiro atoms. The molecule has 2 aliphatic rings. The van der Waals surface area contributed by atoms with E-state index in [0.717, 1.165) is 16.8 Å². The zero-order chi connectivity index (χ0) is 29.8. The smallest absolute Gasteiger partial charge is 0.394 e. The van der Waals surface area contributed by atoms with Crippen LogP contribution >= 0.6 is 15.6 Å². The van der Waals surface area contributed by atoms with E-state index in [2.05, 4.69) is 13.4 Å². The number of ether oxygens (including phenoxy) is 3. The Morgan fingerprint density at radius 1 is 1.00 bits per heavy atom. The Kier molecular flexibility index (Phi) is 11.4. The summed E-state index contributed by atoms with van der Waals surface area (Å²) in [7, 11) is -11.0. The van der Waals surface area contributed by atoms with Gasteiger partial charge in [-0.25, -0.2) is 13.9 Å². The van der Waals surface area contributed by atoms with E-state index in [4.69, 9.17) is 14.2 Å². The lowest BCUT2D eigenvalue weighted by Crippen LogP contribution is -2.60. The van der Waals surface area contributed by atoms with Gasteiger partial charge >= 0.3 is 21.3 Å². The standard InChI is InChI=1S/C19H32N2O17P2/c1-2-3-6-33-16-13(25)9(7-22)36-18(15(16)27)37-40(31,32)38-39(29,30)34-8-10-12(24)14(26)17(35-10)21-5-4-11(23)20-19(21)28/h4-5,9-10,12-18,22,24-27H,2-3,6-8H2,1H3,(H,29,30)(H,31,32)(H,20,23,28)/t9-,10-,12-,13-,14-,15-,16+,17-,18-/m1/s1. The first-order valence-corrected chi connectivity index (χ1v) is 15.0. The molecule has 0 amide bonds. The second-order valence-corrected chi connectivity index (χ2v) is 11.9. The van der Waals surface area contributed by atoms with Crippen LogP contribution in [0, 0.1) is 0 Å². The maximum Gasteiger partial charge on any atom is 0.483 e. The van der Waals surface area contributed by atoms with Crippen LogP contribution in [0.2, 0.25) is 0 Å². The second-order valence-electron chi connectivity index (χ2n) is 8.88. The maximum absolute atomic E-state index is 12.5. The van der Waals surface area contributed by atoms with E-state index in [1.807, 2.05) is 11.9 Å². The number of nitrogens with zero attached hydrogens (tertiary/aromatic N) is 1. The Balaban J connectivity index is 1.62. The average molecular weight is 622 g/mol. The molecule has 40 heavy (non-hydrogen) atoms. The zero-order valence-corrected chi connectivity index (χ0v) is 22.7. The van der Waals surface area contributed by atoms with Crippen LogP contribution in [0.1, 0.15) is 26.0 Å². The van der Waals surface area contributed by atoms with Crippen molar-refractivity contribution in [2.45, 2.75) is 75.0 Å². The van der Waals surface area contributed by atoms with E-state index in [9.17, 15) is 54.0 Å². The van der Waals surface area contributed by atoms with Gasteiger partial charge in [-0.05, 0) is 6.42 Å². The molecule has 2 fully saturated rings. The van der Waals surface area contributed by atoms with Crippen LogP contribution in [0.4, 0.5) is 0 Å². The minimum absolute atomic E-state index is 0.0780. The summed E-state index contributed by atoms with van der Waals surface area (Å²) in [6.07, 6.45) is -12.8. The van der Waals surface area contributed by atoms with Gasteiger partial charge in [0.05, 0.1) is 13.2 Å². The number of aromatic nitrogens is 2. The molecular weight excluding hydrogens is 590 g/mol. The number of nitrogens with one attached hydrogen (secondary N) is 1. The van der Waals surface area contributed by atoms with E-state index in [1.54, 1.807) is 0 Å². The summed E-state index contributed by atoms with van der Waals surface area (Å²) in [6.45, 7) is 0.121. The third kappa shape index (κ3) is 8.13. The molecule has 11 atom stereocenters. The number of aliphatic hydroxyl groups is 5. The van der Waals surface area contributed by atoms with Crippen molar-refractivity contribution in [1.29, 1.82) is 0 Å². The van der Waals surface area contributed by atoms with Crippen molar-refractivity contribution in [2.75, 3.05) is 19.8 Å². The summed E-state index contributed by atoms with van der Waals surface area (Å²) in [5.74, 6) is 0. The fourth-order valence-electron chi connectivity index (χ4n) is 3.90. The first-order valence-electron chi connectivity index (χ1n) is 12.0. The van der Waals surface area contributed by atoms with Crippen molar-refractivity contribution in [3.8, 4) is 0 Å². The van der Waals surface area contributed by atoms with E-state index in [-0.39, 0.29) is 6.61 Å². The Labute approximate surface area is 225 Å². The molecule has 0 aliphatic carbocycles. The summed E-state index contributed by atoms with van der Waals surface area (Å²) in [4.78, 5) is 45.1. The molecule has 0 radical (unpaired) electrons. The van der Waals surface area contributed by atoms with Crippen LogP contribution < -0.4 is 11.2 Å². The summed E-state index contributed by atoms with van der Waals surface area (Å²) in [5, 5.41) is 50.6.